The maximum absolute atomic E-state index is 12.8. The number of anilines is 2. The summed E-state index contributed by atoms with van der Waals surface area (Å²) in [5.74, 6) is -0.465. The van der Waals surface area contributed by atoms with E-state index in [0.717, 1.165) is 16.9 Å². The number of carbonyl (C=O) groups excluding carboxylic acids is 2. The molecule has 1 heterocycles. The van der Waals surface area contributed by atoms with Crippen LogP contribution in [0, 0.1) is 6.92 Å². The summed E-state index contributed by atoms with van der Waals surface area (Å²) < 4.78 is 33.5. The predicted molar refractivity (Wildman–Crippen MR) is 120 cm³/mol. The second-order valence-corrected chi connectivity index (χ2v) is 9.10. The van der Waals surface area contributed by atoms with E-state index in [1.165, 1.54) is 13.1 Å². The number of ether oxygens (including phenoxy) is 1. The van der Waals surface area contributed by atoms with Gasteiger partial charge in [-0.3, -0.25) is 14.3 Å². The molecule has 0 saturated carbocycles. The molecule has 2 amide bonds. The summed E-state index contributed by atoms with van der Waals surface area (Å²) in [6.07, 6.45) is 0. The Labute approximate surface area is 184 Å². The first-order valence-corrected chi connectivity index (χ1v) is 11.6. The number of carbonyl (C=O) groups is 2. The van der Waals surface area contributed by atoms with E-state index in [0.29, 0.717) is 17.1 Å². The van der Waals surface area contributed by atoms with Crippen LogP contribution >= 0.6 is 11.3 Å². The maximum atomic E-state index is 12.8. The van der Waals surface area contributed by atoms with Gasteiger partial charge in [-0.15, -0.1) is 11.3 Å². The Hall–Kier alpha value is -3.37. The Morgan fingerprint density at radius 2 is 1.77 bits per heavy atom. The highest BCUT2D eigenvalue weighted by Crippen LogP contribution is 2.26. The molecule has 162 valence electrons. The lowest BCUT2D eigenvalue weighted by molar-refractivity contribution is -0.122. The number of nitrogens with one attached hydrogen (secondary N) is 3. The molecule has 0 atom stereocenters. The zero-order valence-corrected chi connectivity index (χ0v) is 18.5. The van der Waals surface area contributed by atoms with Crippen molar-refractivity contribution < 1.29 is 22.7 Å². The molecule has 0 spiro atoms. The van der Waals surface area contributed by atoms with E-state index in [1.54, 1.807) is 53.9 Å². The molecule has 0 bridgehead atoms. The van der Waals surface area contributed by atoms with Gasteiger partial charge in [-0.05, 0) is 42.6 Å². The van der Waals surface area contributed by atoms with Gasteiger partial charge in [-0.2, -0.15) is 0 Å². The summed E-state index contributed by atoms with van der Waals surface area (Å²) in [7, 11) is -2.45. The topological polar surface area (TPSA) is 114 Å². The first kappa shape index (κ1) is 22.3. The van der Waals surface area contributed by atoms with Crippen molar-refractivity contribution in [1.29, 1.82) is 0 Å². The van der Waals surface area contributed by atoms with E-state index in [1.807, 2.05) is 6.92 Å². The third kappa shape index (κ3) is 5.83. The van der Waals surface area contributed by atoms with Crippen molar-refractivity contribution in [2.45, 2.75) is 11.8 Å². The molecule has 0 unspecified atom stereocenters. The minimum absolute atomic E-state index is 0.0521. The van der Waals surface area contributed by atoms with Crippen molar-refractivity contribution in [1.82, 2.24) is 5.32 Å². The predicted octanol–water partition coefficient (Wildman–Crippen LogP) is 3.23. The van der Waals surface area contributed by atoms with Gasteiger partial charge < -0.3 is 15.4 Å². The molecule has 0 aliphatic rings. The molecular weight excluding hydrogens is 438 g/mol. The van der Waals surface area contributed by atoms with Crippen molar-refractivity contribution in [3.05, 3.63) is 70.4 Å². The lowest BCUT2D eigenvalue weighted by Gasteiger charge is -2.11. The number of rotatable bonds is 8. The minimum Gasteiger partial charge on any atom is -0.484 e. The molecule has 0 saturated heterocycles. The number of amides is 2. The molecule has 0 aliphatic heterocycles. The summed E-state index contributed by atoms with van der Waals surface area (Å²) in [5, 5.41) is 6.66. The number of sulfonamides is 1. The third-order valence-electron chi connectivity index (χ3n) is 4.17. The zero-order valence-electron chi connectivity index (χ0n) is 16.8. The highest BCUT2D eigenvalue weighted by molar-refractivity contribution is 7.93. The van der Waals surface area contributed by atoms with Gasteiger partial charge in [-0.25, -0.2) is 8.42 Å². The molecule has 0 radical (unpaired) electrons. The Morgan fingerprint density at radius 3 is 2.48 bits per heavy atom. The minimum atomic E-state index is -3.95. The van der Waals surface area contributed by atoms with E-state index in [4.69, 9.17) is 4.74 Å². The van der Waals surface area contributed by atoms with Gasteiger partial charge in [0, 0.05) is 24.5 Å². The maximum Gasteiger partial charge on any atom is 0.267 e. The van der Waals surface area contributed by atoms with E-state index in [9.17, 15) is 18.0 Å². The van der Waals surface area contributed by atoms with Crippen molar-refractivity contribution >= 4 is 44.5 Å². The van der Waals surface area contributed by atoms with Crippen molar-refractivity contribution in [3.63, 3.8) is 0 Å². The molecule has 1 aromatic heterocycles. The lowest BCUT2D eigenvalue weighted by Crippen LogP contribution is -2.24. The van der Waals surface area contributed by atoms with Crippen molar-refractivity contribution in [3.8, 4) is 5.75 Å². The Balaban J connectivity index is 1.75. The summed E-state index contributed by atoms with van der Waals surface area (Å²) >= 11 is 1.02. The SMILES string of the molecule is CNC(=O)COc1cccc(NC(=O)c2sccc2S(=O)(=O)Nc2ccc(C)cc2)c1. The van der Waals surface area contributed by atoms with Crippen LogP contribution in [0.1, 0.15) is 15.2 Å². The fourth-order valence-corrected chi connectivity index (χ4v) is 4.96. The highest BCUT2D eigenvalue weighted by atomic mass is 32.2. The summed E-state index contributed by atoms with van der Waals surface area (Å²) in [5.41, 5.74) is 1.81. The standard InChI is InChI=1S/C21H21N3O5S2/c1-14-6-8-15(9-7-14)24-31(27,28)18-10-11-30-20(18)21(26)23-16-4-3-5-17(12-16)29-13-19(25)22-2/h3-12,24H,13H2,1-2H3,(H,22,25)(H,23,26). The van der Waals surface area contributed by atoms with Crippen LogP contribution in [-0.4, -0.2) is 33.9 Å². The van der Waals surface area contributed by atoms with Gasteiger partial charge in [-0.1, -0.05) is 23.8 Å². The van der Waals surface area contributed by atoms with Gasteiger partial charge in [0.2, 0.25) is 0 Å². The third-order valence-corrected chi connectivity index (χ3v) is 6.64. The summed E-state index contributed by atoms with van der Waals surface area (Å²) in [6.45, 7) is 1.74. The first-order chi connectivity index (χ1) is 14.8. The Bertz CT molecular complexity index is 1190. The van der Waals surface area contributed by atoms with Crippen LogP contribution in [0.25, 0.3) is 0 Å². The monoisotopic (exact) mass is 459 g/mol. The Morgan fingerprint density at radius 1 is 1.03 bits per heavy atom. The lowest BCUT2D eigenvalue weighted by atomic mass is 10.2. The van der Waals surface area contributed by atoms with Crippen LogP contribution in [0.5, 0.6) is 5.75 Å². The van der Waals surface area contributed by atoms with Crippen LogP contribution in [0.3, 0.4) is 0 Å². The average Bonchev–Trinajstić information content (AvgIpc) is 3.25. The van der Waals surface area contributed by atoms with Gasteiger partial charge in [0.25, 0.3) is 21.8 Å². The largest absolute Gasteiger partial charge is 0.484 e. The van der Waals surface area contributed by atoms with Crippen LogP contribution in [0.2, 0.25) is 0 Å². The van der Waals surface area contributed by atoms with Gasteiger partial charge in [0.15, 0.2) is 6.61 Å². The molecule has 0 fully saturated rings. The number of hydrogen-bond acceptors (Lipinski definition) is 6. The molecule has 2 aromatic carbocycles. The molecule has 3 N–H and O–H groups in total. The van der Waals surface area contributed by atoms with Crippen LogP contribution in [0.4, 0.5) is 11.4 Å². The molecule has 0 aliphatic carbocycles. The van der Waals surface area contributed by atoms with Gasteiger partial charge >= 0.3 is 0 Å². The molecule has 3 aromatic rings. The second kappa shape index (κ2) is 9.63. The molecule has 3 rings (SSSR count). The van der Waals surface area contributed by atoms with E-state index in [2.05, 4.69) is 15.4 Å². The summed E-state index contributed by atoms with van der Waals surface area (Å²) in [4.78, 5) is 24.0. The van der Waals surface area contributed by atoms with Crippen molar-refractivity contribution in [2.24, 2.45) is 0 Å². The number of likely N-dealkylation sites (N-methyl/N-ethyl adjacent to an activating group) is 1. The number of hydrogen-bond donors (Lipinski definition) is 3. The molecule has 10 heteroatoms. The summed E-state index contributed by atoms with van der Waals surface area (Å²) in [6, 6.07) is 14.8. The average molecular weight is 460 g/mol. The quantitative estimate of drug-likeness (QED) is 0.479. The van der Waals surface area contributed by atoms with E-state index >= 15 is 0 Å². The van der Waals surface area contributed by atoms with Crippen LogP contribution in [-0.2, 0) is 14.8 Å². The normalized spacial score (nSPS) is 10.9. The van der Waals surface area contributed by atoms with E-state index < -0.39 is 15.9 Å². The van der Waals surface area contributed by atoms with E-state index in [-0.39, 0.29) is 22.3 Å². The fraction of sp³-hybridized carbons (Fsp3) is 0.143. The molecular formula is C21H21N3O5S2. The number of benzene rings is 2. The van der Waals surface area contributed by atoms with Crippen LogP contribution < -0.4 is 20.1 Å². The van der Waals surface area contributed by atoms with Gasteiger partial charge in [0.05, 0.1) is 0 Å². The zero-order chi connectivity index (χ0) is 22.4. The van der Waals surface area contributed by atoms with Crippen LogP contribution in [0.15, 0.2) is 64.9 Å². The first-order valence-electron chi connectivity index (χ1n) is 9.20. The Kier molecular flexibility index (Phi) is 6.93. The fourth-order valence-electron chi connectivity index (χ4n) is 2.58. The van der Waals surface area contributed by atoms with Crippen molar-refractivity contribution in [2.75, 3.05) is 23.7 Å². The number of aryl methyl sites for hydroxylation is 1. The number of thiophene rings is 1. The second-order valence-electron chi connectivity index (χ2n) is 6.53. The smallest absolute Gasteiger partial charge is 0.267 e. The van der Waals surface area contributed by atoms with Gasteiger partial charge in [0.1, 0.15) is 15.5 Å². The highest BCUT2D eigenvalue weighted by Gasteiger charge is 2.24. The molecule has 31 heavy (non-hydrogen) atoms. The molecule has 8 nitrogen and oxygen atoms in total.